The number of fused-ring (bicyclic) bond motifs is 1. The topological polar surface area (TPSA) is 15.7 Å². The molecule has 3 saturated heterocycles. The van der Waals surface area contributed by atoms with Crippen LogP contribution in [0.2, 0.25) is 0 Å². The van der Waals surface area contributed by atoms with Crippen LogP contribution in [0.15, 0.2) is 24.3 Å². The van der Waals surface area contributed by atoms with Gasteiger partial charge in [-0.2, -0.15) is 13.2 Å². The van der Waals surface area contributed by atoms with E-state index >= 15 is 0 Å². The van der Waals surface area contributed by atoms with Crippen LogP contribution in [0.5, 0.6) is 5.75 Å². The third-order valence-electron chi connectivity index (χ3n) is 6.97. The first-order valence-electron chi connectivity index (χ1n) is 11.3. The molecular weight excluding hydrogens is 377 g/mol. The minimum absolute atomic E-state index is 0.394. The van der Waals surface area contributed by atoms with Crippen LogP contribution >= 0.6 is 0 Å². The largest absolute Gasteiger partial charge is 0.492 e. The van der Waals surface area contributed by atoms with E-state index in [-0.39, 0.29) is 0 Å². The van der Waals surface area contributed by atoms with E-state index < -0.39 is 18.6 Å². The summed E-state index contributed by atoms with van der Waals surface area (Å²) in [6.07, 6.45) is 4.24. The second kappa shape index (κ2) is 9.25. The first-order chi connectivity index (χ1) is 14.0. The number of hydrogen-bond acceptors (Lipinski definition) is 3. The highest BCUT2D eigenvalue weighted by molar-refractivity contribution is 5.30. The molecule has 0 aromatic heterocycles. The Labute approximate surface area is 172 Å². The number of halogens is 3. The van der Waals surface area contributed by atoms with Gasteiger partial charge in [0.1, 0.15) is 12.4 Å². The van der Waals surface area contributed by atoms with Crippen molar-refractivity contribution >= 4 is 0 Å². The molecule has 4 rings (SSSR count). The standard InChI is InChI=1S/C23H33F3N2O/c24-23(25,26)17-20-6-1-3-13-27(20)15-16-29-21-10-7-18(8-11-21)22-12-9-19-5-2-4-14-28(19)22/h7-8,10-11,19-20,22H,1-6,9,12-17H2/t19-,20?,22-/m1/s1. The van der Waals surface area contributed by atoms with E-state index in [1.54, 1.807) is 0 Å². The molecular formula is C23H33F3N2O. The maximum absolute atomic E-state index is 12.8. The van der Waals surface area contributed by atoms with Crippen molar-refractivity contribution in [2.45, 2.75) is 82.1 Å². The van der Waals surface area contributed by atoms with Crippen LogP contribution in [0.4, 0.5) is 13.2 Å². The van der Waals surface area contributed by atoms with Gasteiger partial charge < -0.3 is 4.74 Å². The molecule has 29 heavy (non-hydrogen) atoms. The summed E-state index contributed by atoms with van der Waals surface area (Å²) in [5.41, 5.74) is 1.36. The fourth-order valence-corrected chi connectivity index (χ4v) is 5.54. The van der Waals surface area contributed by atoms with Gasteiger partial charge in [0.2, 0.25) is 0 Å². The molecule has 3 nitrogen and oxygen atoms in total. The number of ether oxygens (including phenoxy) is 1. The van der Waals surface area contributed by atoms with Crippen molar-refractivity contribution < 1.29 is 17.9 Å². The average Bonchev–Trinajstić information content (AvgIpc) is 3.13. The maximum Gasteiger partial charge on any atom is 0.390 e. The van der Waals surface area contributed by atoms with Crippen LogP contribution in [0.3, 0.4) is 0 Å². The summed E-state index contributed by atoms with van der Waals surface area (Å²) in [6, 6.07) is 9.29. The summed E-state index contributed by atoms with van der Waals surface area (Å²) < 4.78 is 44.3. The van der Waals surface area contributed by atoms with Crippen molar-refractivity contribution in [1.82, 2.24) is 9.80 Å². The summed E-state index contributed by atoms with van der Waals surface area (Å²) in [5.74, 6) is 0.811. The van der Waals surface area contributed by atoms with E-state index in [4.69, 9.17) is 4.74 Å². The van der Waals surface area contributed by atoms with Gasteiger partial charge in [0.05, 0.1) is 6.42 Å². The van der Waals surface area contributed by atoms with Crippen molar-refractivity contribution in [3.63, 3.8) is 0 Å². The monoisotopic (exact) mass is 410 g/mol. The van der Waals surface area contributed by atoms with Gasteiger partial charge in [-0.15, -0.1) is 0 Å². The molecule has 1 unspecified atom stereocenters. The fraction of sp³-hybridized carbons (Fsp3) is 0.739. The summed E-state index contributed by atoms with van der Waals surface area (Å²) in [7, 11) is 0. The fourth-order valence-electron chi connectivity index (χ4n) is 5.54. The van der Waals surface area contributed by atoms with Gasteiger partial charge in [0.25, 0.3) is 0 Å². The quantitative estimate of drug-likeness (QED) is 0.610. The lowest BCUT2D eigenvalue weighted by atomic mass is 9.99. The molecule has 0 N–H and O–H groups in total. The number of hydrogen-bond donors (Lipinski definition) is 0. The van der Waals surface area contributed by atoms with Crippen molar-refractivity contribution in [2.24, 2.45) is 0 Å². The van der Waals surface area contributed by atoms with Gasteiger partial charge in [0, 0.05) is 24.7 Å². The zero-order valence-electron chi connectivity index (χ0n) is 17.2. The molecule has 0 amide bonds. The van der Waals surface area contributed by atoms with E-state index in [0.717, 1.165) is 31.2 Å². The number of rotatable bonds is 6. The highest BCUT2D eigenvalue weighted by Crippen LogP contribution is 2.40. The first kappa shape index (κ1) is 21.0. The minimum atomic E-state index is -4.09. The molecule has 3 aliphatic rings. The molecule has 3 aliphatic heterocycles. The van der Waals surface area contributed by atoms with Crippen LogP contribution in [0.1, 0.15) is 69.4 Å². The Balaban J connectivity index is 1.27. The first-order valence-corrected chi connectivity index (χ1v) is 11.3. The molecule has 0 saturated carbocycles. The van der Waals surface area contributed by atoms with E-state index in [2.05, 4.69) is 17.0 Å². The van der Waals surface area contributed by atoms with E-state index in [1.807, 2.05) is 17.0 Å². The lowest BCUT2D eigenvalue weighted by molar-refractivity contribution is -0.150. The number of nitrogens with zero attached hydrogens (tertiary/aromatic N) is 2. The zero-order valence-corrected chi connectivity index (χ0v) is 17.2. The van der Waals surface area contributed by atoms with Crippen LogP contribution in [-0.2, 0) is 0 Å². The highest BCUT2D eigenvalue weighted by atomic mass is 19.4. The number of piperidine rings is 2. The normalized spacial score (nSPS) is 29.0. The summed E-state index contributed by atoms with van der Waals surface area (Å²) >= 11 is 0. The van der Waals surface area contributed by atoms with Crippen molar-refractivity contribution in [3.05, 3.63) is 29.8 Å². The number of benzene rings is 1. The lowest BCUT2D eigenvalue weighted by Gasteiger charge is -2.36. The predicted molar refractivity (Wildman–Crippen MR) is 108 cm³/mol. The Morgan fingerprint density at radius 2 is 1.66 bits per heavy atom. The molecule has 0 spiro atoms. The molecule has 3 atom stereocenters. The van der Waals surface area contributed by atoms with Crippen molar-refractivity contribution in [3.8, 4) is 5.75 Å². The van der Waals surface area contributed by atoms with Crippen molar-refractivity contribution in [1.29, 1.82) is 0 Å². The summed E-state index contributed by atoms with van der Waals surface area (Å²) in [5, 5.41) is 0. The number of likely N-dealkylation sites (tertiary alicyclic amines) is 1. The van der Waals surface area contributed by atoms with Crippen LogP contribution in [-0.4, -0.2) is 54.3 Å². The molecule has 1 aromatic carbocycles. The van der Waals surface area contributed by atoms with E-state index in [9.17, 15) is 13.2 Å². The van der Waals surface area contributed by atoms with Gasteiger partial charge >= 0.3 is 6.18 Å². The SMILES string of the molecule is FC(F)(F)CC1CCCCN1CCOc1ccc([C@H]2CC[C@H]3CCCCN32)cc1. The molecule has 0 radical (unpaired) electrons. The summed E-state index contributed by atoms with van der Waals surface area (Å²) in [6.45, 7) is 2.94. The van der Waals surface area contributed by atoms with E-state index in [1.165, 1.54) is 44.2 Å². The Hall–Kier alpha value is -1.27. The second-order valence-corrected chi connectivity index (χ2v) is 8.90. The molecule has 162 valence electrons. The molecule has 6 heteroatoms. The van der Waals surface area contributed by atoms with Gasteiger partial charge in [-0.05, 0) is 69.3 Å². The Morgan fingerprint density at radius 1 is 0.897 bits per heavy atom. The zero-order chi connectivity index (χ0) is 20.3. The Kier molecular flexibility index (Phi) is 6.69. The van der Waals surface area contributed by atoms with Crippen LogP contribution < -0.4 is 4.74 Å². The minimum Gasteiger partial charge on any atom is -0.492 e. The van der Waals surface area contributed by atoms with Crippen LogP contribution in [0.25, 0.3) is 0 Å². The van der Waals surface area contributed by atoms with Crippen molar-refractivity contribution in [2.75, 3.05) is 26.2 Å². The average molecular weight is 411 g/mol. The Morgan fingerprint density at radius 3 is 2.45 bits per heavy atom. The molecule has 1 aromatic rings. The molecule has 0 aliphatic carbocycles. The van der Waals surface area contributed by atoms with Gasteiger partial charge in [-0.1, -0.05) is 25.0 Å². The number of alkyl halides is 3. The lowest BCUT2D eigenvalue weighted by Crippen LogP contribution is -2.44. The third kappa shape index (κ3) is 5.46. The molecule has 3 heterocycles. The maximum atomic E-state index is 12.8. The Bertz CT molecular complexity index is 649. The van der Waals surface area contributed by atoms with Crippen LogP contribution in [0, 0.1) is 0 Å². The smallest absolute Gasteiger partial charge is 0.390 e. The van der Waals surface area contributed by atoms with Gasteiger partial charge in [-0.25, -0.2) is 0 Å². The third-order valence-corrected chi connectivity index (χ3v) is 6.97. The van der Waals surface area contributed by atoms with E-state index in [0.29, 0.717) is 25.6 Å². The molecule has 3 fully saturated rings. The predicted octanol–water partition coefficient (Wildman–Crippen LogP) is 5.56. The molecule has 0 bridgehead atoms. The van der Waals surface area contributed by atoms with Gasteiger partial charge in [0.15, 0.2) is 0 Å². The summed E-state index contributed by atoms with van der Waals surface area (Å²) in [4.78, 5) is 4.64. The van der Waals surface area contributed by atoms with Gasteiger partial charge in [-0.3, -0.25) is 9.80 Å². The highest BCUT2D eigenvalue weighted by Gasteiger charge is 2.36. The second-order valence-electron chi connectivity index (χ2n) is 8.90.